The smallest absolute Gasteiger partial charge is 0.225 e. The van der Waals surface area contributed by atoms with Crippen molar-refractivity contribution in [2.75, 3.05) is 11.1 Å². The van der Waals surface area contributed by atoms with Gasteiger partial charge in [-0.1, -0.05) is 62.1 Å². The molecule has 5 heteroatoms. The number of nitrogens with one attached hydrogen (secondary N) is 1. The first-order chi connectivity index (χ1) is 15.7. The van der Waals surface area contributed by atoms with E-state index in [2.05, 4.69) is 29.6 Å². The Morgan fingerprint density at radius 3 is 2.66 bits per heavy atom. The van der Waals surface area contributed by atoms with Crippen molar-refractivity contribution in [3.8, 4) is 11.3 Å². The van der Waals surface area contributed by atoms with E-state index < -0.39 is 0 Å². The number of nitrogen functional groups attached to an aromatic ring is 1. The largest absolute Gasteiger partial charge is 0.399 e. The van der Waals surface area contributed by atoms with Crippen LogP contribution in [0.25, 0.3) is 11.3 Å². The SMILES string of the molecule is Nc1ccc2c(c1)CCc1nc(NC(=O)CCc3ccccc3)c(CC3CCCC3)nc1-2. The van der Waals surface area contributed by atoms with Gasteiger partial charge in [-0.05, 0) is 54.9 Å². The monoisotopic (exact) mass is 426 g/mol. The quantitative estimate of drug-likeness (QED) is 0.536. The van der Waals surface area contributed by atoms with Crippen molar-refractivity contribution in [1.82, 2.24) is 9.97 Å². The summed E-state index contributed by atoms with van der Waals surface area (Å²) < 4.78 is 0. The van der Waals surface area contributed by atoms with Crippen molar-refractivity contribution in [2.24, 2.45) is 5.92 Å². The lowest BCUT2D eigenvalue weighted by Gasteiger charge is -2.22. The van der Waals surface area contributed by atoms with Crippen molar-refractivity contribution in [3.05, 3.63) is 71.0 Å². The van der Waals surface area contributed by atoms with Gasteiger partial charge < -0.3 is 11.1 Å². The van der Waals surface area contributed by atoms with Gasteiger partial charge in [0, 0.05) is 17.7 Å². The first-order valence-electron chi connectivity index (χ1n) is 11.8. The number of rotatable bonds is 6. The van der Waals surface area contributed by atoms with Crippen molar-refractivity contribution in [3.63, 3.8) is 0 Å². The highest BCUT2D eigenvalue weighted by Gasteiger charge is 2.25. The van der Waals surface area contributed by atoms with E-state index >= 15 is 0 Å². The molecule has 2 aromatic carbocycles. The highest BCUT2D eigenvalue weighted by molar-refractivity contribution is 5.90. The first-order valence-corrected chi connectivity index (χ1v) is 11.8. The number of carbonyl (C=O) groups excluding carboxylic acids is 1. The maximum absolute atomic E-state index is 12.8. The Balaban J connectivity index is 1.42. The lowest BCUT2D eigenvalue weighted by molar-refractivity contribution is -0.116. The van der Waals surface area contributed by atoms with Crippen LogP contribution >= 0.6 is 0 Å². The number of nitrogens with zero attached hydrogens (tertiary/aromatic N) is 2. The van der Waals surface area contributed by atoms with Gasteiger partial charge in [-0.3, -0.25) is 4.79 Å². The van der Waals surface area contributed by atoms with Gasteiger partial charge in [-0.25, -0.2) is 9.97 Å². The predicted octanol–water partition coefficient (Wildman–Crippen LogP) is 5.13. The van der Waals surface area contributed by atoms with E-state index in [1.54, 1.807) is 0 Å². The molecule has 1 saturated carbocycles. The van der Waals surface area contributed by atoms with E-state index in [0.717, 1.165) is 54.0 Å². The van der Waals surface area contributed by atoms with Crippen LogP contribution < -0.4 is 11.1 Å². The number of amides is 1. The molecule has 0 atom stereocenters. The van der Waals surface area contributed by atoms with Crippen LogP contribution in [0.15, 0.2) is 48.5 Å². The molecule has 5 rings (SSSR count). The van der Waals surface area contributed by atoms with Gasteiger partial charge in [0.15, 0.2) is 5.82 Å². The molecule has 0 saturated heterocycles. The predicted molar refractivity (Wildman–Crippen MR) is 128 cm³/mol. The van der Waals surface area contributed by atoms with E-state index in [9.17, 15) is 4.79 Å². The zero-order valence-electron chi connectivity index (χ0n) is 18.4. The maximum Gasteiger partial charge on any atom is 0.225 e. The van der Waals surface area contributed by atoms with Crippen LogP contribution in [0.4, 0.5) is 11.5 Å². The fraction of sp³-hybridized carbons (Fsp3) is 0.370. The topological polar surface area (TPSA) is 80.9 Å². The van der Waals surface area contributed by atoms with Crippen molar-refractivity contribution >= 4 is 17.4 Å². The minimum Gasteiger partial charge on any atom is -0.399 e. The maximum atomic E-state index is 12.8. The van der Waals surface area contributed by atoms with Gasteiger partial charge in [-0.15, -0.1) is 0 Å². The standard InChI is InChI=1S/C27H30N4O/c28-21-12-13-22-20(17-21)11-14-23-26(22)29-24(16-19-8-4-5-9-19)27(30-23)31-25(32)15-10-18-6-2-1-3-7-18/h1-3,6-7,12-13,17,19H,4-5,8-11,14-16,28H2,(H,30,31,32). The van der Waals surface area contributed by atoms with Gasteiger partial charge >= 0.3 is 0 Å². The van der Waals surface area contributed by atoms with E-state index in [1.807, 2.05) is 24.3 Å². The third-order valence-corrected chi connectivity index (χ3v) is 6.75. The van der Waals surface area contributed by atoms with Crippen LogP contribution in [0, 0.1) is 5.92 Å². The minimum absolute atomic E-state index is 0.000224. The molecule has 5 nitrogen and oxygen atoms in total. The Labute approximate surface area is 189 Å². The number of nitrogens with two attached hydrogens (primary N) is 1. The molecule has 0 bridgehead atoms. The molecule has 1 heterocycles. The number of anilines is 2. The number of carbonyl (C=O) groups is 1. The van der Waals surface area contributed by atoms with E-state index in [-0.39, 0.29) is 5.91 Å². The third-order valence-electron chi connectivity index (χ3n) is 6.75. The second-order valence-electron chi connectivity index (χ2n) is 9.12. The van der Waals surface area contributed by atoms with E-state index in [1.165, 1.54) is 36.8 Å². The zero-order valence-corrected chi connectivity index (χ0v) is 18.4. The molecule has 2 aliphatic carbocycles. The molecule has 3 N–H and O–H groups in total. The van der Waals surface area contributed by atoms with Crippen LogP contribution in [0.3, 0.4) is 0 Å². The van der Waals surface area contributed by atoms with E-state index in [4.69, 9.17) is 15.7 Å². The normalized spacial score (nSPS) is 15.2. The van der Waals surface area contributed by atoms with Crippen molar-refractivity contribution in [1.29, 1.82) is 0 Å². The van der Waals surface area contributed by atoms with Gasteiger partial charge in [0.2, 0.25) is 5.91 Å². The Bertz CT molecular complexity index is 1120. The Morgan fingerprint density at radius 1 is 1.03 bits per heavy atom. The molecule has 164 valence electrons. The summed E-state index contributed by atoms with van der Waals surface area (Å²) in [6, 6.07) is 16.2. The Kier molecular flexibility index (Phi) is 5.89. The van der Waals surface area contributed by atoms with Crippen LogP contribution in [-0.4, -0.2) is 15.9 Å². The molecule has 32 heavy (non-hydrogen) atoms. The highest BCUT2D eigenvalue weighted by atomic mass is 16.1. The first kappa shape index (κ1) is 20.7. The van der Waals surface area contributed by atoms with Gasteiger partial charge in [0.1, 0.15) is 0 Å². The number of hydrogen-bond acceptors (Lipinski definition) is 4. The highest BCUT2D eigenvalue weighted by Crippen LogP contribution is 2.35. The Morgan fingerprint density at radius 2 is 1.84 bits per heavy atom. The van der Waals surface area contributed by atoms with Crippen molar-refractivity contribution < 1.29 is 4.79 Å². The average molecular weight is 427 g/mol. The number of fused-ring (bicyclic) bond motifs is 3. The molecule has 2 aliphatic rings. The molecule has 1 aromatic heterocycles. The molecule has 0 aliphatic heterocycles. The molecule has 0 unspecified atom stereocenters. The summed E-state index contributed by atoms with van der Waals surface area (Å²) in [7, 11) is 0. The molecule has 0 spiro atoms. The summed E-state index contributed by atoms with van der Waals surface area (Å²) in [6.07, 6.45) is 8.76. The zero-order chi connectivity index (χ0) is 21.9. The molecule has 3 aromatic rings. The van der Waals surface area contributed by atoms with Crippen molar-refractivity contribution in [2.45, 2.75) is 57.8 Å². The Hall–Kier alpha value is -3.21. The van der Waals surface area contributed by atoms with Gasteiger partial charge in [0.25, 0.3) is 0 Å². The molecular weight excluding hydrogens is 396 g/mol. The van der Waals surface area contributed by atoms with Gasteiger partial charge in [-0.2, -0.15) is 0 Å². The summed E-state index contributed by atoms with van der Waals surface area (Å²) in [4.78, 5) is 22.8. The second kappa shape index (κ2) is 9.11. The van der Waals surface area contributed by atoms with Gasteiger partial charge in [0.05, 0.1) is 17.1 Å². The lowest BCUT2D eigenvalue weighted by Crippen LogP contribution is -2.19. The fourth-order valence-electron chi connectivity index (χ4n) is 5.03. The molecule has 1 fully saturated rings. The average Bonchev–Trinajstić information content (AvgIpc) is 3.32. The molecular formula is C27H30N4O. The van der Waals surface area contributed by atoms with Crippen LogP contribution in [0.2, 0.25) is 0 Å². The summed E-state index contributed by atoms with van der Waals surface area (Å²) in [6.45, 7) is 0. The number of benzene rings is 2. The summed E-state index contributed by atoms with van der Waals surface area (Å²) >= 11 is 0. The third kappa shape index (κ3) is 4.52. The summed E-state index contributed by atoms with van der Waals surface area (Å²) in [5, 5.41) is 3.11. The van der Waals surface area contributed by atoms with Crippen LogP contribution in [0.5, 0.6) is 0 Å². The number of aromatic nitrogens is 2. The van der Waals surface area contributed by atoms with Crippen LogP contribution in [-0.2, 0) is 30.5 Å². The summed E-state index contributed by atoms with van der Waals surface area (Å²) in [5.41, 5.74) is 13.2. The minimum atomic E-state index is -0.000224. The lowest BCUT2D eigenvalue weighted by atomic mass is 9.91. The fourth-order valence-corrected chi connectivity index (χ4v) is 5.03. The molecule has 0 radical (unpaired) electrons. The number of aryl methyl sites for hydroxylation is 3. The summed E-state index contributed by atoms with van der Waals surface area (Å²) in [5.74, 6) is 1.28. The van der Waals surface area contributed by atoms with E-state index in [0.29, 0.717) is 18.2 Å². The number of hydrogen-bond donors (Lipinski definition) is 2. The second-order valence-corrected chi connectivity index (χ2v) is 9.12. The van der Waals surface area contributed by atoms with Crippen LogP contribution in [0.1, 0.15) is 54.6 Å². The molecule has 1 amide bonds.